The Kier molecular flexibility index (Phi) is 3.89. The van der Waals surface area contributed by atoms with Crippen molar-refractivity contribution in [3.8, 4) is 0 Å². The highest BCUT2D eigenvalue weighted by Crippen LogP contribution is 2.52. The van der Waals surface area contributed by atoms with Crippen LogP contribution in [-0.4, -0.2) is 23.8 Å². The number of ether oxygens (including phenoxy) is 1. The minimum Gasteiger partial charge on any atom is -0.469 e. The van der Waals surface area contributed by atoms with Gasteiger partial charge in [-0.3, -0.25) is 9.78 Å². The van der Waals surface area contributed by atoms with E-state index in [0.717, 1.165) is 29.8 Å². The van der Waals surface area contributed by atoms with Crippen molar-refractivity contribution in [2.75, 3.05) is 12.9 Å². The average molecular weight is 301 g/mol. The van der Waals surface area contributed by atoms with E-state index >= 15 is 0 Å². The number of esters is 1. The van der Waals surface area contributed by atoms with E-state index in [4.69, 9.17) is 4.74 Å². The molecule has 0 N–H and O–H groups in total. The van der Waals surface area contributed by atoms with E-state index in [-0.39, 0.29) is 11.4 Å². The molecule has 21 heavy (non-hydrogen) atoms. The zero-order valence-electron chi connectivity index (χ0n) is 12.4. The van der Waals surface area contributed by atoms with Crippen LogP contribution < -0.4 is 0 Å². The molecule has 0 atom stereocenters. The number of nitrogens with zero attached hydrogens (tertiary/aromatic N) is 1. The Labute approximate surface area is 129 Å². The molecular weight excluding hydrogens is 282 g/mol. The molecule has 1 aliphatic rings. The van der Waals surface area contributed by atoms with Gasteiger partial charge in [-0.15, -0.1) is 11.8 Å². The summed E-state index contributed by atoms with van der Waals surface area (Å²) in [5.41, 5.74) is 2.22. The monoisotopic (exact) mass is 301 g/mol. The van der Waals surface area contributed by atoms with Crippen molar-refractivity contribution in [1.29, 1.82) is 0 Å². The highest BCUT2D eigenvalue weighted by atomic mass is 32.2. The molecule has 1 aromatic heterocycles. The van der Waals surface area contributed by atoms with Crippen molar-refractivity contribution >= 4 is 28.6 Å². The van der Waals surface area contributed by atoms with E-state index in [9.17, 15) is 4.79 Å². The van der Waals surface area contributed by atoms with Gasteiger partial charge in [0.05, 0.1) is 19.0 Å². The van der Waals surface area contributed by atoms with E-state index in [1.807, 2.05) is 36.9 Å². The van der Waals surface area contributed by atoms with Crippen molar-refractivity contribution < 1.29 is 9.53 Å². The number of methoxy groups -OCH3 is 1. The van der Waals surface area contributed by atoms with Crippen LogP contribution in [0.5, 0.6) is 0 Å². The van der Waals surface area contributed by atoms with E-state index in [2.05, 4.69) is 17.1 Å². The topological polar surface area (TPSA) is 39.2 Å². The fourth-order valence-electron chi connectivity index (χ4n) is 2.55. The molecule has 0 unspecified atom stereocenters. The SMILES string of the molecule is COC(=O)CC1(CSc2cc(C)nc3ccccc23)CC1. The number of hydrogen-bond donors (Lipinski definition) is 0. The molecule has 0 bridgehead atoms. The second kappa shape index (κ2) is 5.68. The molecule has 1 aromatic carbocycles. The van der Waals surface area contributed by atoms with Crippen LogP contribution in [0.15, 0.2) is 35.2 Å². The Morgan fingerprint density at radius 3 is 2.86 bits per heavy atom. The van der Waals surface area contributed by atoms with Crippen LogP contribution >= 0.6 is 11.8 Å². The summed E-state index contributed by atoms with van der Waals surface area (Å²) in [6, 6.07) is 10.4. The molecular formula is C17H19NO2S. The molecule has 0 amide bonds. The van der Waals surface area contributed by atoms with Gasteiger partial charge >= 0.3 is 5.97 Å². The molecule has 1 aliphatic carbocycles. The number of hydrogen-bond acceptors (Lipinski definition) is 4. The van der Waals surface area contributed by atoms with Crippen molar-refractivity contribution in [2.45, 2.75) is 31.1 Å². The normalized spacial score (nSPS) is 15.9. The summed E-state index contributed by atoms with van der Waals surface area (Å²) < 4.78 is 4.81. The summed E-state index contributed by atoms with van der Waals surface area (Å²) in [7, 11) is 1.46. The molecule has 110 valence electrons. The number of aryl methyl sites for hydroxylation is 1. The number of aromatic nitrogens is 1. The molecule has 0 spiro atoms. The first-order valence-electron chi connectivity index (χ1n) is 7.18. The molecule has 1 saturated carbocycles. The largest absolute Gasteiger partial charge is 0.469 e. The van der Waals surface area contributed by atoms with Crippen molar-refractivity contribution in [3.63, 3.8) is 0 Å². The van der Waals surface area contributed by atoms with Gasteiger partial charge in [-0.1, -0.05) is 18.2 Å². The van der Waals surface area contributed by atoms with E-state index in [1.165, 1.54) is 17.4 Å². The summed E-state index contributed by atoms with van der Waals surface area (Å²) in [4.78, 5) is 17.3. The average Bonchev–Trinajstić information content (AvgIpc) is 3.24. The highest BCUT2D eigenvalue weighted by Gasteiger charge is 2.44. The van der Waals surface area contributed by atoms with E-state index < -0.39 is 0 Å². The lowest BCUT2D eigenvalue weighted by atomic mass is 10.1. The number of para-hydroxylation sites is 1. The second-order valence-electron chi connectivity index (χ2n) is 5.82. The summed E-state index contributed by atoms with van der Waals surface area (Å²) >= 11 is 1.84. The van der Waals surface area contributed by atoms with Crippen molar-refractivity contribution in [2.24, 2.45) is 5.41 Å². The standard InChI is InChI=1S/C17H19NO2S/c1-12-9-15(13-5-3-4-6-14(13)18-12)21-11-17(7-8-17)10-16(19)20-2/h3-6,9H,7-8,10-11H2,1-2H3. The number of pyridine rings is 1. The Balaban J connectivity index is 1.78. The highest BCUT2D eigenvalue weighted by molar-refractivity contribution is 7.99. The zero-order chi connectivity index (χ0) is 14.9. The number of carbonyl (C=O) groups excluding carboxylic acids is 1. The number of rotatable bonds is 5. The van der Waals surface area contributed by atoms with Crippen LogP contribution in [0.3, 0.4) is 0 Å². The molecule has 2 aromatic rings. The van der Waals surface area contributed by atoms with Gasteiger partial charge in [-0.05, 0) is 37.3 Å². The third kappa shape index (κ3) is 3.21. The molecule has 1 heterocycles. The summed E-state index contributed by atoms with van der Waals surface area (Å²) in [6.07, 6.45) is 2.78. The third-order valence-corrected chi connectivity index (χ3v) is 5.45. The fraction of sp³-hybridized carbons (Fsp3) is 0.412. The smallest absolute Gasteiger partial charge is 0.306 e. The number of benzene rings is 1. The quantitative estimate of drug-likeness (QED) is 0.618. The lowest BCUT2D eigenvalue weighted by Crippen LogP contribution is -2.13. The number of fused-ring (bicyclic) bond motifs is 1. The van der Waals surface area contributed by atoms with Gasteiger partial charge < -0.3 is 4.74 Å². The van der Waals surface area contributed by atoms with Crippen LogP contribution in [0.2, 0.25) is 0 Å². The Bertz CT molecular complexity index is 680. The Morgan fingerprint density at radius 2 is 2.14 bits per heavy atom. The number of carbonyl (C=O) groups is 1. The predicted octanol–water partition coefficient (Wildman–Crippen LogP) is 3.98. The maximum Gasteiger partial charge on any atom is 0.306 e. The van der Waals surface area contributed by atoms with Crippen molar-refractivity contribution in [3.05, 3.63) is 36.0 Å². The van der Waals surface area contributed by atoms with Crippen LogP contribution in [-0.2, 0) is 9.53 Å². The van der Waals surface area contributed by atoms with E-state index in [1.54, 1.807) is 0 Å². The fourth-order valence-corrected chi connectivity index (χ4v) is 3.98. The Hall–Kier alpha value is -1.55. The first-order chi connectivity index (χ1) is 10.1. The van der Waals surface area contributed by atoms with Gasteiger partial charge in [0.2, 0.25) is 0 Å². The first kappa shape index (κ1) is 14.4. The minimum atomic E-state index is -0.0936. The minimum absolute atomic E-state index is 0.0936. The lowest BCUT2D eigenvalue weighted by Gasteiger charge is -2.14. The van der Waals surface area contributed by atoms with Gasteiger partial charge in [0.25, 0.3) is 0 Å². The van der Waals surface area contributed by atoms with Gasteiger partial charge in [0.15, 0.2) is 0 Å². The van der Waals surface area contributed by atoms with Crippen LogP contribution in [0, 0.1) is 12.3 Å². The molecule has 0 aliphatic heterocycles. The van der Waals surface area contributed by atoms with Crippen LogP contribution in [0.4, 0.5) is 0 Å². The molecule has 4 heteroatoms. The molecule has 0 saturated heterocycles. The summed E-state index contributed by atoms with van der Waals surface area (Å²) in [5.74, 6) is 0.874. The van der Waals surface area contributed by atoms with Gasteiger partial charge in [0, 0.05) is 21.7 Å². The molecule has 3 nitrogen and oxygen atoms in total. The zero-order valence-corrected chi connectivity index (χ0v) is 13.2. The van der Waals surface area contributed by atoms with Crippen LogP contribution in [0.1, 0.15) is 25.0 Å². The second-order valence-corrected chi connectivity index (χ2v) is 6.84. The first-order valence-corrected chi connectivity index (χ1v) is 8.16. The number of thioether (sulfide) groups is 1. The Morgan fingerprint density at radius 1 is 1.38 bits per heavy atom. The molecule has 1 fully saturated rings. The maximum atomic E-state index is 11.5. The van der Waals surface area contributed by atoms with Crippen LogP contribution in [0.25, 0.3) is 10.9 Å². The van der Waals surface area contributed by atoms with Gasteiger partial charge in [-0.2, -0.15) is 0 Å². The van der Waals surface area contributed by atoms with E-state index in [0.29, 0.717) is 6.42 Å². The summed E-state index contributed by atoms with van der Waals surface area (Å²) in [5, 5.41) is 1.20. The predicted molar refractivity (Wildman–Crippen MR) is 85.5 cm³/mol. The lowest BCUT2D eigenvalue weighted by molar-refractivity contribution is -0.141. The maximum absolute atomic E-state index is 11.5. The van der Waals surface area contributed by atoms with Gasteiger partial charge in [0.1, 0.15) is 0 Å². The van der Waals surface area contributed by atoms with Gasteiger partial charge in [-0.25, -0.2) is 0 Å². The van der Waals surface area contributed by atoms with Crippen molar-refractivity contribution in [1.82, 2.24) is 4.98 Å². The summed E-state index contributed by atoms with van der Waals surface area (Å²) in [6.45, 7) is 2.03. The third-order valence-electron chi connectivity index (χ3n) is 4.04. The molecule has 3 rings (SSSR count). The molecule has 0 radical (unpaired) electrons.